The van der Waals surface area contributed by atoms with Gasteiger partial charge in [0.15, 0.2) is 0 Å². The molecule has 0 atom stereocenters. The van der Waals surface area contributed by atoms with E-state index in [4.69, 9.17) is 5.26 Å². The van der Waals surface area contributed by atoms with Gasteiger partial charge in [0.05, 0.1) is 6.07 Å². The Morgan fingerprint density at radius 2 is 1.43 bits per heavy atom. The molecule has 5 heteroatoms. The third-order valence-corrected chi connectivity index (χ3v) is 4.69. The van der Waals surface area contributed by atoms with Gasteiger partial charge >= 0.3 is 11.8 Å². The standard InChI is InChI=1S/C16H25N3O2/c17-11-12-18-15(20)16(21)19(13-7-3-1-4-8-13)14-9-5-2-6-10-14/h13-14H,1-10,12H2,(H,18,20). The minimum absolute atomic E-state index is 0.103. The van der Waals surface area contributed by atoms with Crippen LogP contribution >= 0.6 is 0 Å². The molecule has 0 saturated heterocycles. The summed E-state index contributed by atoms with van der Waals surface area (Å²) < 4.78 is 0. The molecule has 0 radical (unpaired) electrons. The molecule has 1 N–H and O–H groups in total. The number of amides is 2. The van der Waals surface area contributed by atoms with Gasteiger partial charge in [0.25, 0.3) is 0 Å². The van der Waals surface area contributed by atoms with Crippen LogP contribution < -0.4 is 5.32 Å². The molecule has 2 fully saturated rings. The lowest BCUT2D eigenvalue weighted by atomic mass is 9.88. The Hall–Kier alpha value is -1.57. The molecule has 2 aliphatic rings. The fourth-order valence-corrected chi connectivity index (χ4v) is 3.66. The Morgan fingerprint density at radius 1 is 0.952 bits per heavy atom. The lowest BCUT2D eigenvalue weighted by Crippen LogP contribution is -2.53. The Labute approximate surface area is 126 Å². The lowest BCUT2D eigenvalue weighted by molar-refractivity contribution is -0.150. The number of carbonyl (C=O) groups excluding carboxylic acids is 2. The second kappa shape index (κ2) is 8.02. The van der Waals surface area contributed by atoms with E-state index in [-0.39, 0.29) is 18.6 Å². The van der Waals surface area contributed by atoms with Crippen molar-refractivity contribution in [3.8, 4) is 6.07 Å². The number of hydrogen-bond acceptors (Lipinski definition) is 3. The van der Waals surface area contributed by atoms with Crippen molar-refractivity contribution in [1.82, 2.24) is 10.2 Å². The summed E-state index contributed by atoms with van der Waals surface area (Å²) in [5.74, 6) is -1.04. The third kappa shape index (κ3) is 4.20. The van der Waals surface area contributed by atoms with Crippen LogP contribution in [0.1, 0.15) is 64.2 Å². The molecule has 2 rings (SSSR count). The Kier molecular flexibility index (Phi) is 6.04. The first kappa shape index (κ1) is 15.8. The van der Waals surface area contributed by atoms with Gasteiger partial charge < -0.3 is 10.2 Å². The summed E-state index contributed by atoms with van der Waals surface area (Å²) >= 11 is 0. The summed E-state index contributed by atoms with van der Waals surface area (Å²) in [4.78, 5) is 26.4. The molecule has 5 nitrogen and oxygen atoms in total. The number of carbonyl (C=O) groups is 2. The van der Waals surface area contributed by atoms with Gasteiger partial charge in [-0.05, 0) is 25.7 Å². The van der Waals surface area contributed by atoms with Crippen LogP contribution in [0.3, 0.4) is 0 Å². The largest absolute Gasteiger partial charge is 0.335 e. The van der Waals surface area contributed by atoms with Gasteiger partial charge in [-0.15, -0.1) is 0 Å². The van der Waals surface area contributed by atoms with Crippen molar-refractivity contribution in [2.45, 2.75) is 76.3 Å². The highest BCUT2D eigenvalue weighted by Gasteiger charge is 2.35. The predicted octanol–water partition coefficient (Wildman–Crippen LogP) is 2.12. The molecule has 0 unspecified atom stereocenters. The normalized spacial score (nSPS) is 20.5. The number of nitrogens with one attached hydrogen (secondary N) is 1. The lowest BCUT2D eigenvalue weighted by Gasteiger charge is -2.41. The van der Waals surface area contributed by atoms with Crippen LogP contribution in [0.4, 0.5) is 0 Å². The zero-order chi connectivity index (χ0) is 15.1. The molecule has 0 aromatic heterocycles. The predicted molar refractivity (Wildman–Crippen MR) is 79.2 cm³/mol. The van der Waals surface area contributed by atoms with Crippen molar-refractivity contribution in [2.75, 3.05) is 6.54 Å². The first-order valence-electron chi connectivity index (χ1n) is 8.21. The molecule has 116 valence electrons. The van der Waals surface area contributed by atoms with Crippen molar-refractivity contribution in [3.63, 3.8) is 0 Å². The van der Waals surface area contributed by atoms with E-state index < -0.39 is 11.8 Å². The maximum absolute atomic E-state index is 12.6. The molecule has 2 amide bonds. The zero-order valence-electron chi connectivity index (χ0n) is 12.6. The summed E-state index contributed by atoms with van der Waals surface area (Å²) in [5, 5.41) is 10.9. The highest BCUT2D eigenvalue weighted by Crippen LogP contribution is 2.30. The van der Waals surface area contributed by atoms with Crippen LogP contribution in [0.5, 0.6) is 0 Å². The van der Waals surface area contributed by atoms with Gasteiger partial charge in [0.1, 0.15) is 6.54 Å². The van der Waals surface area contributed by atoms with E-state index in [1.165, 1.54) is 12.8 Å². The van der Waals surface area contributed by atoms with Crippen molar-refractivity contribution in [1.29, 1.82) is 5.26 Å². The van der Waals surface area contributed by atoms with Crippen molar-refractivity contribution >= 4 is 11.8 Å². The molecule has 0 aromatic carbocycles. The number of hydrogen-bond donors (Lipinski definition) is 1. The third-order valence-electron chi connectivity index (χ3n) is 4.69. The van der Waals surface area contributed by atoms with Crippen LogP contribution in [0.25, 0.3) is 0 Å². The average molecular weight is 291 g/mol. The van der Waals surface area contributed by atoms with Gasteiger partial charge in [-0.25, -0.2) is 0 Å². The van der Waals surface area contributed by atoms with Crippen molar-refractivity contribution in [2.24, 2.45) is 0 Å². The van der Waals surface area contributed by atoms with E-state index in [1.54, 1.807) is 0 Å². The minimum atomic E-state index is -0.618. The van der Waals surface area contributed by atoms with E-state index in [0.717, 1.165) is 51.4 Å². The van der Waals surface area contributed by atoms with Gasteiger partial charge in [-0.3, -0.25) is 9.59 Å². The highest BCUT2D eigenvalue weighted by atomic mass is 16.2. The fourth-order valence-electron chi connectivity index (χ4n) is 3.66. The number of rotatable bonds is 3. The topological polar surface area (TPSA) is 73.2 Å². The highest BCUT2D eigenvalue weighted by molar-refractivity contribution is 6.35. The first-order valence-corrected chi connectivity index (χ1v) is 8.21. The maximum Gasteiger partial charge on any atom is 0.312 e. The first-order chi connectivity index (χ1) is 10.2. The molecule has 0 aromatic rings. The van der Waals surface area contributed by atoms with Crippen LogP contribution in [0.2, 0.25) is 0 Å². The van der Waals surface area contributed by atoms with Crippen LogP contribution in [-0.4, -0.2) is 35.3 Å². The minimum Gasteiger partial charge on any atom is -0.335 e. The zero-order valence-corrected chi connectivity index (χ0v) is 12.6. The molecular formula is C16H25N3O2. The number of nitriles is 1. The molecule has 2 saturated carbocycles. The van der Waals surface area contributed by atoms with Crippen molar-refractivity contribution in [3.05, 3.63) is 0 Å². The summed E-state index contributed by atoms with van der Waals surface area (Å²) in [7, 11) is 0. The fraction of sp³-hybridized carbons (Fsp3) is 0.812. The Balaban J connectivity index is 2.08. The summed E-state index contributed by atoms with van der Waals surface area (Å²) in [6.45, 7) is -0.103. The molecule has 2 aliphatic carbocycles. The summed E-state index contributed by atoms with van der Waals surface area (Å²) in [6, 6.07) is 2.27. The van der Waals surface area contributed by atoms with E-state index in [9.17, 15) is 9.59 Å². The Morgan fingerprint density at radius 3 is 1.86 bits per heavy atom. The van der Waals surface area contributed by atoms with Crippen LogP contribution in [0, 0.1) is 11.3 Å². The molecular weight excluding hydrogens is 266 g/mol. The van der Waals surface area contributed by atoms with E-state index >= 15 is 0 Å². The quantitative estimate of drug-likeness (QED) is 0.639. The SMILES string of the molecule is N#CCNC(=O)C(=O)N(C1CCCCC1)C1CCCCC1. The van der Waals surface area contributed by atoms with E-state index in [1.807, 2.05) is 11.0 Å². The van der Waals surface area contributed by atoms with E-state index in [2.05, 4.69) is 5.32 Å². The van der Waals surface area contributed by atoms with Gasteiger partial charge in [-0.1, -0.05) is 38.5 Å². The van der Waals surface area contributed by atoms with Gasteiger partial charge in [0.2, 0.25) is 0 Å². The molecule has 0 aliphatic heterocycles. The molecule has 0 bridgehead atoms. The number of nitrogens with zero attached hydrogens (tertiary/aromatic N) is 2. The molecule has 0 spiro atoms. The van der Waals surface area contributed by atoms with Gasteiger partial charge in [-0.2, -0.15) is 5.26 Å². The smallest absolute Gasteiger partial charge is 0.312 e. The average Bonchev–Trinajstić information content (AvgIpc) is 2.54. The van der Waals surface area contributed by atoms with E-state index in [0.29, 0.717) is 0 Å². The van der Waals surface area contributed by atoms with Crippen LogP contribution in [-0.2, 0) is 9.59 Å². The monoisotopic (exact) mass is 291 g/mol. The summed E-state index contributed by atoms with van der Waals surface area (Å²) in [5.41, 5.74) is 0. The maximum atomic E-state index is 12.6. The van der Waals surface area contributed by atoms with Gasteiger partial charge in [0, 0.05) is 12.1 Å². The van der Waals surface area contributed by atoms with Crippen molar-refractivity contribution < 1.29 is 9.59 Å². The second-order valence-electron chi connectivity index (χ2n) is 6.14. The Bertz CT molecular complexity index is 386. The molecule has 21 heavy (non-hydrogen) atoms. The van der Waals surface area contributed by atoms with Crippen LogP contribution in [0.15, 0.2) is 0 Å². The second-order valence-corrected chi connectivity index (χ2v) is 6.14. The summed E-state index contributed by atoms with van der Waals surface area (Å²) in [6.07, 6.45) is 11.0. The molecule has 0 heterocycles.